The largest absolute Gasteiger partial charge is 0.376 e. The number of piperazine rings is 1. The fraction of sp³-hybridized carbons (Fsp3) is 0.481. The molecule has 0 spiro atoms. The molecule has 4 heterocycles. The SMILES string of the molecule is CCCCC(=O)N1CCN(C(=O)c2cn(CC3CCCO3)cc3c(=O)n(-c4ccccc4)nc2-3)CC1. The molecule has 190 valence electrons. The zero-order valence-electron chi connectivity index (χ0n) is 20.8. The van der Waals surface area contributed by atoms with Crippen LogP contribution in [0.5, 0.6) is 0 Å². The highest BCUT2D eigenvalue weighted by atomic mass is 16.5. The maximum atomic E-state index is 13.7. The second-order valence-corrected chi connectivity index (χ2v) is 9.60. The molecule has 36 heavy (non-hydrogen) atoms. The fourth-order valence-corrected chi connectivity index (χ4v) is 5.01. The molecule has 0 bridgehead atoms. The number of fused-ring (bicyclic) bond motifs is 1. The van der Waals surface area contributed by atoms with E-state index in [0.717, 1.165) is 32.3 Å². The highest BCUT2D eigenvalue weighted by Crippen LogP contribution is 2.25. The molecule has 2 amide bonds. The standard InChI is InChI=1S/C27H33N5O4/c1-2-3-11-24(33)30-12-14-31(15-13-30)26(34)22-18-29(17-21-10-7-16-36-21)19-23-25(22)28-32(27(23)35)20-8-5-4-6-9-20/h4-6,8-9,18-19,21H,2-3,7,10-17H2,1H3. The van der Waals surface area contributed by atoms with Crippen LogP contribution in [-0.2, 0) is 16.1 Å². The number of nitrogens with zero attached hydrogens (tertiary/aromatic N) is 5. The Hall–Kier alpha value is -3.46. The molecular formula is C27H33N5O4. The lowest BCUT2D eigenvalue weighted by molar-refractivity contribution is -0.132. The van der Waals surface area contributed by atoms with Gasteiger partial charge in [-0.3, -0.25) is 14.4 Å². The third kappa shape index (κ3) is 4.93. The predicted octanol–water partition coefficient (Wildman–Crippen LogP) is 2.79. The summed E-state index contributed by atoms with van der Waals surface area (Å²) in [5.41, 5.74) is 1.62. The van der Waals surface area contributed by atoms with Crippen molar-refractivity contribution >= 4 is 11.8 Å². The molecule has 1 aromatic rings. The molecule has 1 atom stereocenters. The van der Waals surface area contributed by atoms with Crippen molar-refractivity contribution in [2.45, 2.75) is 51.7 Å². The van der Waals surface area contributed by atoms with Gasteiger partial charge in [0.1, 0.15) is 5.69 Å². The van der Waals surface area contributed by atoms with Crippen LogP contribution >= 0.6 is 0 Å². The third-order valence-electron chi connectivity index (χ3n) is 7.06. The van der Waals surface area contributed by atoms with Gasteiger partial charge in [-0.1, -0.05) is 31.5 Å². The molecule has 1 aromatic carbocycles. The van der Waals surface area contributed by atoms with Crippen LogP contribution in [0, 0.1) is 0 Å². The van der Waals surface area contributed by atoms with Gasteiger partial charge in [-0.2, -0.15) is 9.78 Å². The van der Waals surface area contributed by atoms with Crippen LogP contribution in [0.15, 0.2) is 47.5 Å². The summed E-state index contributed by atoms with van der Waals surface area (Å²) < 4.78 is 9.06. The summed E-state index contributed by atoms with van der Waals surface area (Å²) in [5, 5.41) is 4.60. The van der Waals surface area contributed by atoms with Gasteiger partial charge >= 0.3 is 0 Å². The van der Waals surface area contributed by atoms with Crippen LogP contribution in [0.4, 0.5) is 0 Å². The minimum Gasteiger partial charge on any atom is -0.376 e. The Bertz CT molecular complexity index is 1240. The highest BCUT2D eigenvalue weighted by molar-refractivity contribution is 6.00. The molecule has 0 N–H and O–H groups in total. The number of carbonyl (C=O) groups excluding carboxylic acids is 2. The van der Waals surface area contributed by atoms with E-state index in [1.165, 1.54) is 4.68 Å². The topological polar surface area (TPSA) is 89.7 Å². The van der Waals surface area contributed by atoms with Gasteiger partial charge in [0.15, 0.2) is 0 Å². The van der Waals surface area contributed by atoms with Crippen LogP contribution in [0.25, 0.3) is 16.9 Å². The zero-order chi connectivity index (χ0) is 25.1. The first kappa shape index (κ1) is 24.2. The molecule has 2 fully saturated rings. The van der Waals surface area contributed by atoms with E-state index in [1.807, 2.05) is 39.8 Å². The molecule has 9 heteroatoms. The number of ether oxygens (including phenoxy) is 1. The zero-order valence-corrected chi connectivity index (χ0v) is 20.8. The molecule has 9 nitrogen and oxygen atoms in total. The van der Waals surface area contributed by atoms with E-state index in [0.29, 0.717) is 61.7 Å². The number of rotatable bonds is 7. The highest BCUT2D eigenvalue weighted by Gasteiger charge is 2.30. The number of aromatic nitrogens is 3. The van der Waals surface area contributed by atoms with Gasteiger partial charge in [0.25, 0.3) is 11.5 Å². The van der Waals surface area contributed by atoms with Gasteiger partial charge in [0, 0.05) is 58.1 Å². The molecule has 5 rings (SSSR count). The molecule has 0 aromatic heterocycles. The van der Waals surface area contributed by atoms with Crippen LogP contribution in [0.1, 0.15) is 49.4 Å². The summed E-state index contributed by atoms with van der Waals surface area (Å²) >= 11 is 0. The minimum atomic E-state index is -0.252. The van der Waals surface area contributed by atoms with Crippen molar-refractivity contribution in [2.75, 3.05) is 32.8 Å². The predicted molar refractivity (Wildman–Crippen MR) is 135 cm³/mol. The maximum Gasteiger partial charge on any atom is 0.282 e. The molecule has 1 unspecified atom stereocenters. The molecule has 4 aliphatic rings. The lowest BCUT2D eigenvalue weighted by atomic mass is 10.1. The Balaban J connectivity index is 1.45. The van der Waals surface area contributed by atoms with E-state index in [-0.39, 0.29) is 23.5 Å². The van der Waals surface area contributed by atoms with Crippen molar-refractivity contribution in [3.05, 3.63) is 58.6 Å². The van der Waals surface area contributed by atoms with Gasteiger partial charge in [0.05, 0.1) is 22.9 Å². The number of pyridine rings is 1. The van der Waals surface area contributed by atoms with Gasteiger partial charge in [-0.05, 0) is 31.4 Å². The number of hydrogen-bond acceptors (Lipinski definition) is 5. The summed E-state index contributed by atoms with van der Waals surface area (Å²) in [5.74, 6) is -0.0156. The molecular weight excluding hydrogens is 458 g/mol. The van der Waals surface area contributed by atoms with Crippen LogP contribution < -0.4 is 5.56 Å². The van der Waals surface area contributed by atoms with Gasteiger partial charge < -0.3 is 19.1 Å². The van der Waals surface area contributed by atoms with Crippen molar-refractivity contribution < 1.29 is 14.3 Å². The number of hydrogen-bond donors (Lipinski definition) is 0. The maximum absolute atomic E-state index is 13.7. The molecule has 4 aliphatic heterocycles. The molecule has 0 aliphatic carbocycles. The molecule has 2 saturated heterocycles. The molecule has 0 saturated carbocycles. The summed E-state index contributed by atoms with van der Waals surface area (Å²) in [6, 6.07) is 9.24. The van der Waals surface area contributed by atoms with Gasteiger partial charge in [-0.25, -0.2) is 0 Å². The average Bonchev–Trinajstić information content (AvgIpc) is 3.55. The van der Waals surface area contributed by atoms with Crippen LogP contribution in [0.3, 0.4) is 0 Å². The lowest BCUT2D eigenvalue weighted by Crippen LogP contribution is -2.50. The Morgan fingerprint density at radius 3 is 2.50 bits per heavy atom. The van der Waals surface area contributed by atoms with Crippen LogP contribution in [-0.4, -0.2) is 74.9 Å². The van der Waals surface area contributed by atoms with Crippen LogP contribution in [0.2, 0.25) is 0 Å². The normalized spacial score (nSPS) is 18.2. The Kier molecular flexibility index (Phi) is 7.18. The van der Waals surface area contributed by atoms with E-state index in [1.54, 1.807) is 17.3 Å². The minimum absolute atomic E-state index is 0.0624. The second-order valence-electron chi connectivity index (χ2n) is 9.60. The second kappa shape index (κ2) is 10.7. The summed E-state index contributed by atoms with van der Waals surface area (Å²) in [6.45, 7) is 5.34. The number of amides is 2. The monoisotopic (exact) mass is 491 g/mol. The smallest absolute Gasteiger partial charge is 0.282 e. The van der Waals surface area contributed by atoms with E-state index in [9.17, 15) is 14.4 Å². The first-order chi connectivity index (χ1) is 17.5. The first-order valence-corrected chi connectivity index (χ1v) is 12.9. The lowest BCUT2D eigenvalue weighted by Gasteiger charge is -2.35. The van der Waals surface area contributed by atoms with E-state index in [4.69, 9.17) is 4.74 Å². The van der Waals surface area contributed by atoms with Crippen molar-refractivity contribution in [1.29, 1.82) is 0 Å². The number of unbranched alkanes of at least 4 members (excludes halogenated alkanes) is 1. The Labute approximate surface area is 210 Å². The summed E-state index contributed by atoms with van der Waals surface area (Å²) in [6.07, 6.45) is 8.03. The Morgan fingerprint density at radius 2 is 1.81 bits per heavy atom. The van der Waals surface area contributed by atoms with Crippen molar-refractivity contribution in [3.8, 4) is 16.9 Å². The Morgan fingerprint density at radius 1 is 1.06 bits per heavy atom. The van der Waals surface area contributed by atoms with E-state index < -0.39 is 0 Å². The summed E-state index contributed by atoms with van der Waals surface area (Å²) in [4.78, 5) is 43.1. The fourth-order valence-electron chi connectivity index (χ4n) is 5.01. The van der Waals surface area contributed by atoms with E-state index in [2.05, 4.69) is 12.0 Å². The van der Waals surface area contributed by atoms with Crippen molar-refractivity contribution in [3.63, 3.8) is 0 Å². The third-order valence-corrected chi connectivity index (χ3v) is 7.06. The van der Waals surface area contributed by atoms with E-state index >= 15 is 0 Å². The molecule has 0 radical (unpaired) electrons. The average molecular weight is 492 g/mol. The first-order valence-electron chi connectivity index (χ1n) is 12.9. The van der Waals surface area contributed by atoms with Gasteiger partial charge in [-0.15, -0.1) is 0 Å². The van der Waals surface area contributed by atoms with Gasteiger partial charge in [0.2, 0.25) is 5.91 Å². The number of para-hydroxylation sites is 1. The van der Waals surface area contributed by atoms with Crippen molar-refractivity contribution in [1.82, 2.24) is 24.1 Å². The quantitative estimate of drug-likeness (QED) is 0.507. The summed E-state index contributed by atoms with van der Waals surface area (Å²) in [7, 11) is 0. The van der Waals surface area contributed by atoms with Crippen molar-refractivity contribution in [2.24, 2.45) is 0 Å². The number of carbonyl (C=O) groups is 2. The number of benzene rings is 1.